The predicted molar refractivity (Wildman–Crippen MR) is 76.4 cm³/mol. The molecule has 1 rings (SSSR count). The molecule has 1 aromatic rings. The number of likely N-dealkylation sites (N-methyl/N-ethyl adjacent to an activating group) is 1. The highest BCUT2D eigenvalue weighted by atomic mass is 16.5. The van der Waals surface area contributed by atoms with Crippen LogP contribution in [0.2, 0.25) is 0 Å². The first kappa shape index (κ1) is 16.3. The molecule has 1 aromatic carbocycles. The summed E-state index contributed by atoms with van der Waals surface area (Å²) in [5, 5.41) is 0. The lowest BCUT2D eigenvalue weighted by molar-refractivity contribution is 0.0758. The molecule has 0 fully saturated rings. The van der Waals surface area contributed by atoms with Crippen LogP contribution in [0.1, 0.15) is 10.4 Å². The van der Waals surface area contributed by atoms with Gasteiger partial charge < -0.3 is 24.8 Å². The number of ether oxygens (including phenoxy) is 3. The molecule has 1 amide bonds. The quantitative estimate of drug-likeness (QED) is 0.799. The third-order valence-corrected chi connectivity index (χ3v) is 2.88. The van der Waals surface area contributed by atoms with Crippen molar-refractivity contribution < 1.29 is 19.0 Å². The third-order valence-electron chi connectivity index (χ3n) is 2.88. The van der Waals surface area contributed by atoms with Crippen LogP contribution in [0, 0.1) is 0 Å². The summed E-state index contributed by atoms with van der Waals surface area (Å²) in [6.07, 6.45) is 0. The summed E-state index contributed by atoms with van der Waals surface area (Å²) in [6, 6.07) is 4.97. The van der Waals surface area contributed by atoms with Crippen LogP contribution in [0.5, 0.6) is 11.5 Å². The summed E-state index contributed by atoms with van der Waals surface area (Å²) in [5.74, 6) is 0.744. The highest BCUT2D eigenvalue weighted by Crippen LogP contribution is 2.29. The van der Waals surface area contributed by atoms with Crippen LogP contribution in [0.4, 0.5) is 0 Å². The van der Waals surface area contributed by atoms with E-state index < -0.39 is 0 Å². The van der Waals surface area contributed by atoms with Crippen molar-refractivity contribution in [3.05, 3.63) is 23.8 Å². The summed E-state index contributed by atoms with van der Waals surface area (Å²) in [5.41, 5.74) is 6.25. The fourth-order valence-corrected chi connectivity index (χ4v) is 1.95. The van der Waals surface area contributed by atoms with E-state index in [1.165, 1.54) is 19.1 Å². The topological polar surface area (TPSA) is 74.0 Å². The van der Waals surface area contributed by atoms with Crippen molar-refractivity contribution in [2.24, 2.45) is 5.73 Å². The Labute approximate surface area is 119 Å². The van der Waals surface area contributed by atoms with Gasteiger partial charge in [-0.1, -0.05) is 6.07 Å². The van der Waals surface area contributed by atoms with Gasteiger partial charge in [-0.15, -0.1) is 0 Å². The van der Waals surface area contributed by atoms with Gasteiger partial charge >= 0.3 is 0 Å². The number of carbonyl (C=O) groups is 1. The zero-order valence-electron chi connectivity index (χ0n) is 12.4. The molecule has 0 saturated carbocycles. The molecule has 6 nitrogen and oxygen atoms in total. The van der Waals surface area contributed by atoms with Crippen LogP contribution in [0.15, 0.2) is 18.2 Å². The van der Waals surface area contributed by atoms with E-state index in [1.807, 2.05) is 0 Å². The van der Waals surface area contributed by atoms with Gasteiger partial charge in [-0.05, 0) is 12.1 Å². The van der Waals surface area contributed by atoms with Crippen LogP contribution < -0.4 is 15.2 Å². The first-order chi connectivity index (χ1) is 9.54. The lowest BCUT2D eigenvalue weighted by atomic mass is 10.1. The molecule has 112 valence electrons. The van der Waals surface area contributed by atoms with Crippen molar-refractivity contribution in [2.75, 3.05) is 41.5 Å². The van der Waals surface area contributed by atoms with Crippen molar-refractivity contribution in [3.63, 3.8) is 0 Å². The standard InChI is InChI=1S/C14H22N2O4/c1-16(8-10(15)9-18-2)14(17)13-11(19-3)6-5-7-12(13)20-4/h5-7,10H,8-9,15H2,1-4H3. The molecule has 6 heteroatoms. The molecule has 0 radical (unpaired) electrons. The first-order valence-electron chi connectivity index (χ1n) is 6.26. The van der Waals surface area contributed by atoms with E-state index in [2.05, 4.69) is 0 Å². The molecule has 0 spiro atoms. The van der Waals surface area contributed by atoms with E-state index in [0.29, 0.717) is 30.2 Å². The van der Waals surface area contributed by atoms with Crippen LogP contribution in [-0.4, -0.2) is 58.4 Å². The number of hydrogen-bond acceptors (Lipinski definition) is 5. The summed E-state index contributed by atoms with van der Waals surface area (Å²) in [6.45, 7) is 0.772. The Hall–Kier alpha value is -1.79. The zero-order chi connectivity index (χ0) is 15.1. The van der Waals surface area contributed by atoms with Crippen molar-refractivity contribution >= 4 is 5.91 Å². The highest BCUT2D eigenvalue weighted by Gasteiger charge is 2.22. The van der Waals surface area contributed by atoms with E-state index in [-0.39, 0.29) is 11.9 Å². The molecular weight excluding hydrogens is 260 g/mol. The number of benzene rings is 1. The van der Waals surface area contributed by atoms with Gasteiger partial charge in [-0.2, -0.15) is 0 Å². The number of nitrogens with zero attached hydrogens (tertiary/aromatic N) is 1. The average Bonchev–Trinajstić information content (AvgIpc) is 2.45. The molecule has 0 saturated heterocycles. The van der Waals surface area contributed by atoms with E-state index in [1.54, 1.807) is 32.4 Å². The summed E-state index contributed by atoms with van der Waals surface area (Å²) >= 11 is 0. The van der Waals surface area contributed by atoms with E-state index >= 15 is 0 Å². The van der Waals surface area contributed by atoms with Gasteiger partial charge in [0.1, 0.15) is 17.1 Å². The number of carbonyl (C=O) groups excluding carboxylic acids is 1. The number of methoxy groups -OCH3 is 3. The minimum absolute atomic E-state index is 0.203. The predicted octanol–water partition coefficient (Wildman–Crippen LogP) is 0.750. The van der Waals surface area contributed by atoms with E-state index in [9.17, 15) is 4.79 Å². The van der Waals surface area contributed by atoms with Crippen LogP contribution in [-0.2, 0) is 4.74 Å². The minimum Gasteiger partial charge on any atom is -0.496 e. The van der Waals surface area contributed by atoms with E-state index in [4.69, 9.17) is 19.9 Å². The summed E-state index contributed by atoms with van der Waals surface area (Å²) in [4.78, 5) is 14.0. The lowest BCUT2D eigenvalue weighted by Crippen LogP contribution is -2.41. The van der Waals surface area contributed by atoms with Crippen molar-refractivity contribution in [3.8, 4) is 11.5 Å². The molecule has 0 bridgehead atoms. The molecule has 2 N–H and O–H groups in total. The van der Waals surface area contributed by atoms with Crippen molar-refractivity contribution in [1.29, 1.82) is 0 Å². The van der Waals surface area contributed by atoms with Crippen LogP contribution in [0.25, 0.3) is 0 Å². The number of amides is 1. The van der Waals surface area contributed by atoms with Gasteiger partial charge in [0.05, 0.1) is 20.8 Å². The Kier molecular flexibility index (Phi) is 6.27. The Morgan fingerprint density at radius 1 is 1.25 bits per heavy atom. The molecule has 0 aliphatic carbocycles. The highest BCUT2D eigenvalue weighted by molar-refractivity contribution is 5.99. The smallest absolute Gasteiger partial charge is 0.261 e. The second kappa shape index (κ2) is 7.72. The number of rotatable bonds is 7. The largest absolute Gasteiger partial charge is 0.496 e. The number of nitrogens with two attached hydrogens (primary N) is 1. The zero-order valence-corrected chi connectivity index (χ0v) is 12.4. The molecule has 1 atom stereocenters. The second-order valence-corrected chi connectivity index (χ2v) is 4.44. The molecule has 20 heavy (non-hydrogen) atoms. The molecular formula is C14H22N2O4. The van der Waals surface area contributed by atoms with Crippen LogP contribution in [0.3, 0.4) is 0 Å². The maximum absolute atomic E-state index is 12.5. The fraction of sp³-hybridized carbons (Fsp3) is 0.500. The van der Waals surface area contributed by atoms with Gasteiger partial charge in [0.2, 0.25) is 0 Å². The Balaban J connectivity index is 2.96. The Morgan fingerprint density at radius 2 is 1.80 bits per heavy atom. The van der Waals surface area contributed by atoms with Gasteiger partial charge in [-0.25, -0.2) is 0 Å². The Bertz CT molecular complexity index is 429. The number of hydrogen-bond donors (Lipinski definition) is 1. The van der Waals surface area contributed by atoms with E-state index in [0.717, 1.165) is 0 Å². The molecule has 1 unspecified atom stereocenters. The van der Waals surface area contributed by atoms with Crippen LogP contribution >= 0.6 is 0 Å². The monoisotopic (exact) mass is 282 g/mol. The van der Waals surface area contributed by atoms with Crippen molar-refractivity contribution in [2.45, 2.75) is 6.04 Å². The summed E-state index contributed by atoms with van der Waals surface area (Å²) < 4.78 is 15.4. The van der Waals surface area contributed by atoms with Gasteiger partial charge in [0.25, 0.3) is 5.91 Å². The van der Waals surface area contributed by atoms with Gasteiger partial charge in [0.15, 0.2) is 0 Å². The van der Waals surface area contributed by atoms with Gasteiger partial charge in [-0.3, -0.25) is 4.79 Å². The minimum atomic E-state index is -0.241. The molecule has 0 aromatic heterocycles. The SMILES string of the molecule is COCC(N)CN(C)C(=O)c1c(OC)cccc1OC. The Morgan fingerprint density at radius 3 is 2.25 bits per heavy atom. The normalized spacial score (nSPS) is 11.8. The first-order valence-corrected chi connectivity index (χ1v) is 6.26. The lowest BCUT2D eigenvalue weighted by Gasteiger charge is -2.23. The van der Waals surface area contributed by atoms with Gasteiger partial charge in [0, 0.05) is 26.7 Å². The maximum Gasteiger partial charge on any atom is 0.261 e. The third kappa shape index (κ3) is 3.85. The fourth-order valence-electron chi connectivity index (χ4n) is 1.95. The second-order valence-electron chi connectivity index (χ2n) is 4.44. The molecule has 0 heterocycles. The molecule has 0 aliphatic heterocycles. The summed E-state index contributed by atoms with van der Waals surface area (Å²) in [7, 11) is 6.29. The average molecular weight is 282 g/mol. The molecule has 0 aliphatic rings. The van der Waals surface area contributed by atoms with Crippen molar-refractivity contribution in [1.82, 2.24) is 4.90 Å². The maximum atomic E-state index is 12.5.